The molecule has 0 bridgehead atoms. The van der Waals surface area contributed by atoms with Crippen molar-refractivity contribution in [1.29, 1.82) is 0 Å². The van der Waals surface area contributed by atoms with E-state index in [1.165, 1.54) is 0 Å². The molecule has 5 nitrogen and oxygen atoms in total. The predicted molar refractivity (Wildman–Crippen MR) is 110 cm³/mol. The van der Waals surface area contributed by atoms with Crippen LogP contribution in [0.3, 0.4) is 0 Å². The summed E-state index contributed by atoms with van der Waals surface area (Å²) >= 11 is 0. The van der Waals surface area contributed by atoms with Crippen LogP contribution in [0, 0.1) is 0 Å². The lowest BCUT2D eigenvalue weighted by Gasteiger charge is -2.10. The SMILES string of the molecule is O=c1c2ncccc2ccn1-c1cc(-c2ccccc2)nn1-c1ccccc1. The summed E-state index contributed by atoms with van der Waals surface area (Å²) in [5.41, 5.74) is 2.94. The van der Waals surface area contributed by atoms with E-state index in [1.54, 1.807) is 21.6 Å². The Morgan fingerprint density at radius 1 is 0.786 bits per heavy atom. The van der Waals surface area contributed by atoms with Crippen LogP contribution in [0.2, 0.25) is 0 Å². The maximum atomic E-state index is 13.1. The zero-order valence-corrected chi connectivity index (χ0v) is 14.9. The highest BCUT2D eigenvalue weighted by atomic mass is 16.1. The molecule has 2 aromatic carbocycles. The van der Waals surface area contributed by atoms with Crippen LogP contribution in [0.25, 0.3) is 33.7 Å². The van der Waals surface area contributed by atoms with Gasteiger partial charge in [0.05, 0.1) is 11.4 Å². The fraction of sp³-hybridized carbons (Fsp3) is 0. The Hall–Kier alpha value is -3.99. The Balaban J connectivity index is 1.78. The van der Waals surface area contributed by atoms with Crippen molar-refractivity contribution in [2.24, 2.45) is 0 Å². The number of para-hydroxylation sites is 1. The van der Waals surface area contributed by atoms with Crippen LogP contribution in [-0.2, 0) is 0 Å². The zero-order valence-electron chi connectivity index (χ0n) is 14.9. The van der Waals surface area contributed by atoms with Gasteiger partial charge in [0.2, 0.25) is 0 Å². The fourth-order valence-corrected chi connectivity index (χ4v) is 3.30. The molecule has 0 saturated heterocycles. The lowest BCUT2D eigenvalue weighted by Crippen LogP contribution is -2.21. The standard InChI is InChI=1S/C23H16N4O/c28-23-22-18(10-7-14-24-22)13-15-26(23)21-16-20(17-8-3-1-4-9-17)25-27(21)19-11-5-2-6-12-19/h1-16H. The van der Waals surface area contributed by atoms with Gasteiger partial charge in [-0.05, 0) is 24.3 Å². The Labute approximate surface area is 161 Å². The molecule has 0 aliphatic rings. The average Bonchev–Trinajstić information content (AvgIpc) is 3.21. The number of rotatable bonds is 3. The molecule has 5 heteroatoms. The van der Waals surface area contributed by atoms with Gasteiger partial charge in [-0.25, -0.2) is 4.68 Å². The summed E-state index contributed by atoms with van der Waals surface area (Å²) in [4.78, 5) is 17.4. The van der Waals surface area contributed by atoms with Crippen molar-refractivity contribution in [3.05, 3.63) is 108 Å². The van der Waals surface area contributed by atoms with Gasteiger partial charge < -0.3 is 0 Å². The van der Waals surface area contributed by atoms with E-state index in [9.17, 15) is 4.79 Å². The Bertz CT molecular complexity index is 1320. The van der Waals surface area contributed by atoms with Crippen LogP contribution in [0.4, 0.5) is 0 Å². The summed E-state index contributed by atoms with van der Waals surface area (Å²) in [5, 5.41) is 5.60. The smallest absolute Gasteiger partial charge is 0.266 e. The second-order valence-electron chi connectivity index (χ2n) is 6.43. The van der Waals surface area contributed by atoms with E-state index in [0.717, 1.165) is 22.3 Å². The highest BCUT2D eigenvalue weighted by molar-refractivity contribution is 5.77. The molecule has 28 heavy (non-hydrogen) atoms. The molecule has 0 atom stereocenters. The predicted octanol–water partition coefficient (Wildman–Crippen LogP) is 4.24. The van der Waals surface area contributed by atoms with E-state index in [2.05, 4.69) is 4.98 Å². The highest BCUT2D eigenvalue weighted by Gasteiger charge is 2.15. The molecule has 5 aromatic rings. The largest absolute Gasteiger partial charge is 0.282 e. The Morgan fingerprint density at radius 3 is 2.32 bits per heavy atom. The lowest BCUT2D eigenvalue weighted by molar-refractivity contribution is 0.810. The number of hydrogen-bond donors (Lipinski definition) is 0. The molecule has 3 heterocycles. The molecule has 3 aromatic heterocycles. The van der Waals surface area contributed by atoms with Gasteiger partial charge in [0.25, 0.3) is 5.56 Å². The van der Waals surface area contributed by atoms with Crippen LogP contribution in [-0.4, -0.2) is 19.3 Å². The van der Waals surface area contributed by atoms with Crippen LogP contribution in [0.1, 0.15) is 0 Å². The maximum absolute atomic E-state index is 13.1. The molecule has 0 fully saturated rings. The van der Waals surface area contributed by atoms with Crippen LogP contribution >= 0.6 is 0 Å². The van der Waals surface area contributed by atoms with Crippen molar-refractivity contribution < 1.29 is 0 Å². The molecular formula is C23H16N4O. The van der Waals surface area contributed by atoms with Crippen molar-refractivity contribution in [3.63, 3.8) is 0 Å². The summed E-state index contributed by atoms with van der Waals surface area (Å²) in [6, 6.07) is 27.3. The number of nitrogens with zero attached hydrogens (tertiary/aromatic N) is 4. The molecule has 5 rings (SSSR count). The van der Waals surface area contributed by atoms with Crippen LogP contribution in [0.5, 0.6) is 0 Å². The van der Waals surface area contributed by atoms with Gasteiger partial charge in [-0.1, -0.05) is 54.6 Å². The van der Waals surface area contributed by atoms with Gasteiger partial charge in [0.1, 0.15) is 11.3 Å². The summed E-state index contributed by atoms with van der Waals surface area (Å²) in [7, 11) is 0. The maximum Gasteiger partial charge on any atom is 0.282 e. The Morgan fingerprint density at radius 2 is 1.54 bits per heavy atom. The quantitative estimate of drug-likeness (QED) is 0.481. The highest BCUT2D eigenvalue weighted by Crippen LogP contribution is 2.23. The van der Waals surface area contributed by atoms with E-state index >= 15 is 0 Å². The zero-order chi connectivity index (χ0) is 18.9. The first-order valence-electron chi connectivity index (χ1n) is 8.99. The molecule has 0 N–H and O–H groups in total. The first-order valence-corrected chi connectivity index (χ1v) is 8.99. The minimum absolute atomic E-state index is 0.171. The van der Waals surface area contributed by atoms with E-state index in [1.807, 2.05) is 84.9 Å². The number of benzene rings is 2. The van der Waals surface area contributed by atoms with E-state index in [0.29, 0.717) is 11.3 Å². The molecule has 0 amide bonds. The van der Waals surface area contributed by atoms with Crippen LogP contribution in [0.15, 0.2) is 102 Å². The topological polar surface area (TPSA) is 52.7 Å². The van der Waals surface area contributed by atoms with E-state index in [4.69, 9.17) is 5.10 Å². The summed E-state index contributed by atoms with van der Waals surface area (Å²) in [6.45, 7) is 0. The number of hydrogen-bond acceptors (Lipinski definition) is 3. The number of pyridine rings is 2. The normalized spacial score (nSPS) is 11.0. The van der Waals surface area contributed by atoms with Crippen molar-refractivity contribution in [2.45, 2.75) is 0 Å². The Kier molecular flexibility index (Phi) is 3.84. The third-order valence-corrected chi connectivity index (χ3v) is 4.67. The molecule has 0 aliphatic heterocycles. The van der Waals surface area contributed by atoms with E-state index < -0.39 is 0 Å². The molecule has 0 radical (unpaired) electrons. The van der Waals surface area contributed by atoms with Crippen molar-refractivity contribution >= 4 is 10.9 Å². The van der Waals surface area contributed by atoms with Gasteiger partial charge >= 0.3 is 0 Å². The number of aromatic nitrogens is 4. The number of fused-ring (bicyclic) bond motifs is 1. The van der Waals surface area contributed by atoms with Gasteiger partial charge in [0.15, 0.2) is 0 Å². The van der Waals surface area contributed by atoms with E-state index in [-0.39, 0.29) is 5.56 Å². The van der Waals surface area contributed by atoms with Gasteiger partial charge in [-0.2, -0.15) is 5.10 Å². The van der Waals surface area contributed by atoms with Gasteiger partial charge in [-0.3, -0.25) is 14.3 Å². The third-order valence-electron chi connectivity index (χ3n) is 4.67. The minimum Gasteiger partial charge on any atom is -0.266 e. The van der Waals surface area contributed by atoms with Gasteiger partial charge in [-0.15, -0.1) is 0 Å². The minimum atomic E-state index is -0.171. The van der Waals surface area contributed by atoms with Crippen molar-refractivity contribution in [2.75, 3.05) is 0 Å². The second kappa shape index (κ2) is 6.63. The summed E-state index contributed by atoms with van der Waals surface area (Å²) in [6.07, 6.45) is 3.41. The lowest BCUT2D eigenvalue weighted by atomic mass is 10.1. The first kappa shape index (κ1) is 16.2. The van der Waals surface area contributed by atoms with Gasteiger partial charge in [0, 0.05) is 29.4 Å². The third kappa shape index (κ3) is 2.70. The van der Waals surface area contributed by atoms with Crippen LogP contribution < -0.4 is 5.56 Å². The molecule has 0 aliphatic carbocycles. The summed E-state index contributed by atoms with van der Waals surface area (Å²) < 4.78 is 3.39. The monoisotopic (exact) mass is 364 g/mol. The molecule has 0 saturated carbocycles. The van der Waals surface area contributed by atoms with Crippen molar-refractivity contribution in [1.82, 2.24) is 19.3 Å². The van der Waals surface area contributed by atoms with Crippen molar-refractivity contribution in [3.8, 4) is 22.8 Å². The average molecular weight is 364 g/mol. The summed E-state index contributed by atoms with van der Waals surface area (Å²) in [5.74, 6) is 0.669. The molecule has 0 unspecified atom stereocenters. The molecule has 0 spiro atoms. The molecule has 134 valence electrons. The second-order valence-corrected chi connectivity index (χ2v) is 6.43. The molecular weight excluding hydrogens is 348 g/mol. The fourth-order valence-electron chi connectivity index (χ4n) is 3.30. The first-order chi connectivity index (χ1) is 13.8.